The molecule has 3 rings (SSSR count). The van der Waals surface area contributed by atoms with E-state index in [2.05, 4.69) is 31.7 Å². The fourth-order valence-corrected chi connectivity index (χ4v) is 3.10. The third kappa shape index (κ3) is 2.86. The Labute approximate surface area is 116 Å². The third-order valence-corrected chi connectivity index (χ3v) is 4.10. The molecule has 1 saturated heterocycles. The van der Waals surface area contributed by atoms with Gasteiger partial charge in [0, 0.05) is 32.4 Å². The fraction of sp³-hybridized carbons (Fsp3) is 0.583. The standard InChI is InChI=1S/C12H18N6S/c1-9-15-16-12(19-9)14-10-4-3-5-18(7-10)11-6-13-17(2)8-11/h6,8,10H,3-5,7H2,1-2H3,(H,14,16). The Kier molecular flexibility index (Phi) is 3.37. The zero-order chi connectivity index (χ0) is 13.2. The first-order chi connectivity index (χ1) is 9.20. The van der Waals surface area contributed by atoms with E-state index in [9.17, 15) is 0 Å². The van der Waals surface area contributed by atoms with E-state index in [-0.39, 0.29) is 0 Å². The Morgan fingerprint density at radius 3 is 3.00 bits per heavy atom. The molecule has 2 aromatic rings. The van der Waals surface area contributed by atoms with Crippen molar-refractivity contribution in [2.45, 2.75) is 25.8 Å². The summed E-state index contributed by atoms with van der Waals surface area (Å²) in [6.45, 7) is 4.06. The molecular weight excluding hydrogens is 260 g/mol. The Balaban J connectivity index is 1.64. The SMILES string of the molecule is Cc1nnc(NC2CCCN(c3cnn(C)c3)C2)s1. The normalized spacial score (nSPS) is 19.7. The highest BCUT2D eigenvalue weighted by Crippen LogP contribution is 2.22. The Morgan fingerprint density at radius 1 is 1.42 bits per heavy atom. The number of rotatable bonds is 3. The largest absolute Gasteiger partial charge is 0.367 e. The first kappa shape index (κ1) is 12.4. The van der Waals surface area contributed by atoms with Gasteiger partial charge in [0.15, 0.2) is 0 Å². The molecule has 0 saturated carbocycles. The van der Waals surface area contributed by atoms with E-state index in [0.717, 1.165) is 23.2 Å². The maximum absolute atomic E-state index is 4.24. The number of anilines is 2. The molecule has 1 aliphatic rings. The Hall–Kier alpha value is -1.63. The van der Waals surface area contributed by atoms with Crippen molar-refractivity contribution in [3.05, 3.63) is 17.4 Å². The van der Waals surface area contributed by atoms with E-state index in [0.29, 0.717) is 6.04 Å². The molecule has 6 nitrogen and oxygen atoms in total. The van der Waals surface area contributed by atoms with Crippen molar-refractivity contribution in [1.29, 1.82) is 0 Å². The molecule has 0 bridgehead atoms. The van der Waals surface area contributed by atoms with Gasteiger partial charge in [-0.2, -0.15) is 5.10 Å². The van der Waals surface area contributed by atoms with Gasteiger partial charge in [0.05, 0.1) is 11.9 Å². The second-order valence-electron chi connectivity index (χ2n) is 4.93. The van der Waals surface area contributed by atoms with Gasteiger partial charge >= 0.3 is 0 Å². The topological polar surface area (TPSA) is 58.9 Å². The molecule has 3 heterocycles. The van der Waals surface area contributed by atoms with Crippen molar-refractivity contribution < 1.29 is 0 Å². The van der Waals surface area contributed by atoms with Crippen molar-refractivity contribution in [1.82, 2.24) is 20.0 Å². The van der Waals surface area contributed by atoms with Crippen LogP contribution in [0.25, 0.3) is 0 Å². The van der Waals surface area contributed by atoms with Crippen LogP contribution in [0.3, 0.4) is 0 Å². The van der Waals surface area contributed by atoms with Crippen LogP contribution >= 0.6 is 11.3 Å². The van der Waals surface area contributed by atoms with E-state index >= 15 is 0 Å². The highest BCUT2D eigenvalue weighted by atomic mass is 32.1. The van der Waals surface area contributed by atoms with E-state index in [1.807, 2.05) is 24.9 Å². The second kappa shape index (κ2) is 5.16. The van der Waals surface area contributed by atoms with Crippen molar-refractivity contribution in [2.75, 3.05) is 23.3 Å². The number of hydrogen-bond acceptors (Lipinski definition) is 6. The van der Waals surface area contributed by atoms with Crippen LogP contribution in [-0.2, 0) is 7.05 Å². The van der Waals surface area contributed by atoms with Crippen molar-refractivity contribution in [2.24, 2.45) is 7.05 Å². The maximum Gasteiger partial charge on any atom is 0.205 e. The molecule has 0 aliphatic carbocycles. The average Bonchev–Trinajstić information content (AvgIpc) is 2.99. The zero-order valence-electron chi connectivity index (χ0n) is 11.2. The fourth-order valence-electron chi connectivity index (χ4n) is 2.43. The highest BCUT2D eigenvalue weighted by Gasteiger charge is 2.21. The summed E-state index contributed by atoms with van der Waals surface area (Å²) in [5.74, 6) is 0. The number of nitrogens with zero attached hydrogens (tertiary/aromatic N) is 5. The summed E-state index contributed by atoms with van der Waals surface area (Å²) in [5.41, 5.74) is 1.20. The molecule has 2 aromatic heterocycles. The van der Waals surface area contributed by atoms with Crippen LogP contribution in [0.4, 0.5) is 10.8 Å². The summed E-state index contributed by atoms with van der Waals surface area (Å²) in [6, 6.07) is 0.432. The van der Waals surface area contributed by atoms with E-state index < -0.39 is 0 Å². The quantitative estimate of drug-likeness (QED) is 0.925. The molecule has 1 aliphatic heterocycles. The van der Waals surface area contributed by atoms with Gasteiger partial charge in [0.25, 0.3) is 0 Å². The lowest BCUT2D eigenvalue weighted by Crippen LogP contribution is -2.42. The molecule has 1 fully saturated rings. The van der Waals surface area contributed by atoms with E-state index in [1.165, 1.54) is 18.5 Å². The van der Waals surface area contributed by atoms with Gasteiger partial charge in [-0.1, -0.05) is 11.3 Å². The van der Waals surface area contributed by atoms with Gasteiger partial charge in [-0.3, -0.25) is 4.68 Å². The minimum Gasteiger partial charge on any atom is -0.367 e. The summed E-state index contributed by atoms with van der Waals surface area (Å²) in [7, 11) is 1.95. The lowest BCUT2D eigenvalue weighted by atomic mass is 10.1. The van der Waals surface area contributed by atoms with Crippen LogP contribution in [0.5, 0.6) is 0 Å². The number of piperidine rings is 1. The molecule has 7 heteroatoms. The summed E-state index contributed by atoms with van der Waals surface area (Å²) >= 11 is 1.61. The summed E-state index contributed by atoms with van der Waals surface area (Å²) in [6.07, 6.45) is 6.36. The first-order valence-electron chi connectivity index (χ1n) is 6.51. The minimum absolute atomic E-state index is 0.432. The van der Waals surface area contributed by atoms with Gasteiger partial charge in [-0.25, -0.2) is 0 Å². The summed E-state index contributed by atoms with van der Waals surface area (Å²) < 4.78 is 1.85. The van der Waals surface area contributed by atoms with Crippen LogP contribution in [0.15, 0.2) is 12.4 Å². The second-order valence-corrected chi connectivity index (χ2v) is 6.11. The molecule has 1 atom stereocenters. The van der Waals surface area contributed by atoms with Gasteiger partial charge in [0.1, 0.15) is 5.01 Å². The van der Waals surface area contributed by atoms with Crippen molar-refractivity contribution in [3.63, 3.8) is 0 Å². The monoisotopic (exact) mass is 278 g/mol. The van der Waals surface area contributed by atoms with Crippen LogP contribution in [0, 0.1) is 6.92 Å². The van der Waals surface area contributed by atoms with Crippen molar-refractivity contribution >= 4 is 22.2 Å². The lowest BCUT2D eigenvalue weighted by molar-refractivity contribution is 0.529. The Morgan fingerprint density at radius 2 is 2.32 bits per heavy atom. The summed E-state index contributed by atoms with van der Waals surface area (Å²) in [5, 5.41) is 17.8. The van der Waals surface area contributed by atoms with E-state index in [1.54, 1.807) is 11.3 Å². The van der Waals surface area contributed by atoms with Crippen molar-refractivity contribution in [3.8, 4) is 0 Å². The first-order valence-corrected chi connectivity index (χ1v) is 7.32. The predicted octanol–water partition coefficient (Wildman–Crippen LogP) is 1.66. The van der Waals surface area contributed by atoms with E-state index in [4.69, 9.17) is 0 Å². The Bertz CT molecular complexity index is 548. The van der Waals surface area contributed by atoms with Crippen LogP contribution in [0.2, 0.25) is 0 Å². The molecular formula is C12H18N6S. The minimum atomic E-state index is 0.432. The summed E-state index contributed by atoms with van der Waals surface area (Å²) in [4.78, 5) is 2.38. The number of hydrogen-bond donors (Lipinski definition) is 1. The number of aryl methyl sites for hydroxylation is 2. The molecule has 1 N–H and O–H groups in total. The van der Waals surface area contributed by atoms with Gasteiger partial charge in [-0.05, 0) is 19.8 Å². The number of aromatic nitrogens is 4. The zero-order valence-corrected chi connectivity index (χ0v) is 12.0. The lowest BCUT2D eigenvalue weighted by Gasteiger charge is -2.33. The third-order valence-electron chi connectivity index (χ3n) is 3.33. The van der Waals surface area contributed by atoms with Crippen LogP contribution in [0.1, 0.15) is 17.8 Å². The molecule has 19 heavy (non-hydrogen) atoms. The molecule has 0 spiro atoms. The van der Waals surface area contributed by atoms with Gasteiger partial charge < -0.3 is 10.2 Å². The average molecular weight is 278 g/mol. The molecule has 0 amide bonds. The molecule has 102 valence electrons. The van der Waals surface area contributed by atoms with Gasteiger partial charge in [-0.15, -0.1) is 10.2 Å². The van der Waals surface area contributed by atoms with Crippen LogP contribution < -0.4 is 10.2 Å². The number of nitrogens with one attached hydrogen (secondary N) is 1. The molecule has 0 radical (unpaired) electrons. The highest BCUT2D eigenvalue weighted by molar-refractivity contribution is 7.15. The molecule has 0 aromatic carbocycles. The smallest absolute Gasteiger partial charge is 0.205 e. The van der Waals surface area contributed by atoms with Gasteiger partial charge in [0.2, 0.25) is 5.13 Å². The maximum atomic E-state index is 4.24. The molecule has 1 unspecified atom stereocenters. The predicted molar refractivity (Wildman–Crippen MR) is 76.7 cm³/mol. The van der Waals surface area contributed by atoms with Crippen LogP contribution in [-0.4, -0.2) is 39.1 Å².